The number of anilines is 1. The predicted octanol–water partition coefficient (Wildman–Crippen LogP) is 2.89. The SMILES string of the molecule is COc1cc(/C=C/C(=O)Nc2cnccc2OC)ccc1F. The lowest BCUT2D eigenvalue weighted by atomic mass is 10.2. The maximum absolute atomic E-state index is 13.3. The number of carbonyl (C=O) groups excluding carboxylic acids is 1. The smallest absolute Gasteiger partial charge is 0.248 e. The number of halogens is 1. The fraction of sp³-hybridized carbons (Fsp3) is 0.125. The molecule has 0 aliphatic carbocycles. The summed E-state index contributed by atoms with van der Waals surface area (Å²) in [5, 5.41) is 2.65. The van der Waals surface area contributed by atoms with Gasteiger partial charge in [-0.05, 0) is 23.8 Å². The molecular formula is C16H15FN2O3. The largest absolute Gasteiger partial charge is 0.494 e. The second-order valence-electron chi connectivity index (χ2n) is 4.29. The second kappa shape index (κ2) is 7.21. The number of hydrogen-bond acceptors (Lipinski definition) is 4. The monoisotopic (exact) mass is 302 g/mol. The summed E-state index contributed by atoms with van der Waals surface area (Å²) >= 11 is 0. The number of nitrogens with zero attached hydrogens (tertiary/aromatic N) is 1. The molecule has 0 unspecified atom stereocenters. The first-order valence-electron chi connectivity index (χ1n) is 6.44. The summed E-state index contributed by atoms with van der Waals surface area (Å²) < 4.78 is 23.3. The molecular weight excluding hydrogens is 287 g/mol. The first-order valence-corrected chi connectivity index (χ1v) is 6.44. The molecule has 0 atom stereocenters. The summed E-state index contributed by atoms with van der Waals surface area (Å²) in [5.41, 5.74) is 1.11. The van der Waals surface area contributed by atoms with Crippen molar-refractivity contribution < 1.29 is 18.7 Å². The van der Waals surface area contributed by atoms with Crippen molar-refractivity contribution in [2.45, 2.75) is 0 Å². The number of rotatable bonds is 5. The average molecular weight is 302 g/mol. The lowest BCUT2D eigenvalue weighted by molar-refractivity contribution is -0.111. The van der Waals surface area contributed by atoms with E-state index in [1.165, 1.54) is 38.6 Å². The van der Waals surface area contributed by atoms with Gasteiger partial charge in [0.25, 0.3) is 0 Å². The molecule has 0 fully saturated rings. The molecule has 0 bridgehead atoms. The van der Waals surface area contributed by atoms with Crippen LogP contribution in [0.1, 0.15) is 5.56 Å². The quantitative estimate of drug-likeness (QED) is 0.863. The highest BCUT2D eigenvalue weighted by atomic mass is 19.1. The number of aromatic nitrogens is 1. The minimum Gasteiger partial charge on any atom is -0.494 e. The number of pyridine rings is 1. The Morgan fingerprint density at radius 2 is 2.00 bits per heavy atom. The molecule has 1 aromatic heterocycles. The van der Waals surface area contributed by atoms with Crippen LogP contribution in [0, 0.1) is 5.82 Å². The predicted molar refractivity (Wildman–Crippen MR) is 81.4 cm³/mol. The van der Waals surface area contributed by atoms with Gasteiger partial charge in [-0.1, -0.05) is 6.07 Å². The van der Waals surface area contributed by atoms with Gasteiger partial charge in [0.15, 0.2) is 11.6 Å². The standard InChI is InChI=1S/C16H15FN2O3/c1-21-14-7-8-18-10-13(14)19-16(20)6-4-11-3-5-12(17)15(9-11)22-2/h3-10H,1-2H3,(H,19,20)/b6-4+. The Kier molecular flexibility index (Phi) is 5.08. The third-order valence-electron chi connectivity index (χ3n) is 2.86. The molecule has 1 heterocycles. The molecule has 114 valence electrons. The average Bonchev–Trinajstić information content (AvgIpc) is 2.54. The third kappa shape index (κ3) is 3.82. The van der Waals surface area contributed by atoms with E-state index in [0.717, 1.165) is 0 Å². The highest BCUT2D eigenvalue weighted by Crippen LogP contribution is 2.22. The Morgan fingerprint density at radius 1 is 1.23 bits per heavy atom. The zero-order valence-corrected chi connectivity index (χ0v) is 12.2. The van der Waals surface area contributed by atoms with Crippen molar-refractivity contribution in [1.29, 1.82) is 0 Å². The lowest BCUT2D eigenvalue weighted by Gasteiger charge is -2.07. The molecule has 0 spiro atoms. The van der Waals surface area contributed by atoms with Gasteiger partial charge in [0.2, 0.25) is 5.91 Å². The Bertz CT molecular complexity index is 702. The van der Waals surface area contributed by atoms with E-state index in [-0.39, 0.29) is 11.7 Å². The minimum absolute atomic E-state index is 0.122. The van der Waals surface area contributed by atoms with Gasteiger partial charge >= 0.3 is 0 Å². The van der Waals surface area contributed by atoms with Crippen LogP contribution >= 0.6 is 0 Å². The molecule has 0 saturated carbocycles. The van der Waals surface area contributed by atoms with Crippen LogP contribution in [0.25, 0.3) is 6.08 Å². The Balaban J connectivity index is 2.08. The molecule has 22 heavy (non-hydrogen) atoms. The van der Waals surface area contributed by atoms with Crippen molar-refractivity contribution >= 4 is 17.7 Å². The van der Waals surface area contributed by atoms with E-state index >= 15 is 0 Å². The van der Waals surface area contributed by atoms with E-state index in [0.29, 0.717) is 17.0 Å². The molecule has 2 aromatic rings. The van der Waals surface area contributed by atoms with Gasteiger partial charge in [-0.2, -0.15) is 0 Å². The first kappa shape index (κ1) is 15.5. The third-order valence-corrected chi connectivity index (χ3v) is 2.86. The molecule has 0 aliphatic rings. The van der Waals surface area contributed by atoms with Crippen LogP contribution in [0.5, 0.6) is 11.5 Å². The van der Waals surface area contributed by atoms with Crippen LogP contribution < -0.4 is 14.8 Å². The van der Waals surface area contributed by atoms with Gasteiger partial charge in [0, 0.05) is 18.3 Å². The summed E-state index contributed by atoms with van der Waals surface area (Å²) in [7, 11) is 2.89. The Morgan fingerprint density at radius 3 is 2.73 bits per heavy atom. The van der Waals surface area contributed by atoms with Crippen LogP contribution in [0.3, 0.4) is 0 Å². The summed E-state index contributed by atoms with van der Waals surface area (Å²) in [6, 6.07) is 5.97. The number of methoxy groups -OCH3 is 2. The van der Waals surface area contributed by atoms with Gasteiger partial charge in [-0.25, -0.2) is 4.39 Å². The summed E-state index contributed by atoms with van der Waals surface area (Å²) in [4.78, 5) is 15.8. The van der Waals surface area contributed by atoms with E-state index in [4.69, 9.17) is 9.47 Å². The zero-order valence-electron chi connectivity index (χ0n) is 12.2. The van der Waals surface area contributed by atoms with Gasteiger partial charge in [-0.3, -0.25) is 9.78 Å². The van der Waals surface area contributed by atoms with Gasteiger partial charge < -0.3 is 14.8 Å². The molecule has 1 aromatic carbocycles. The molecule has 0 radical (unpaired) electrons. The summed E-state index contributed by atoms with van der Waals surface area (Å²) in [5.74, 6) is -0.171. The molecule has 6 heteroatoms. The van der Waals surface area contributed by atoms with Crippen molar-refractivity contribution in [1.82, 2.24) is 4.98 Å². The van der Waals surface area contributed by atoms with Crippen LogP contribution in [0.2, 0.25) is 0 Å². The zero-order chi connectivity index (χ0) is 15.9. The summed E-state index contributed by atoms with van der Waals surface area (Å²) in [6.45, 7) is 0. The van der Waals surface area contributed by atoms with Crippen molar-refractivity contribution in [2.24, 2.45) is 0 Å². The normalized spacial score (nSPS) is 10.5. The Hall–Kier alpha value is -2.89. The van der Waals surface area contributed by atoms with E-state index in [2.05, 4.69) is 10.3 Å². The number of amides is 1. The van der Waals surface area contributed by atoms with Crippen LogP contribution in [-0.2, 0) is 4.79 Å². The van der Waals surface area contributed by atoms with Crippen molar-refractivity contribution in [3.8, 4) is 11.5 Å². The number of hydrogen-bond donors (Lipinski definition) is 1. The number of carbonyl (C=O) groups is 1. The second-order valence-corrected chi connectivity index (χ2v) is 4.29. The van der Waals surface area contributed by atoms with Crippen LogP contribution in [0.4, 0.5) is 10.1 Å². The van der Waals surface area contributed by atoms with E-state index in [9.17, 15) is 9.18 Å². The Labute approximate surface area is 127 Å². The maximum Gasteiger partial charge on any atom is 0.248 e. The molecule has 1 N–H and O–H groups in total. The molecule has 1 amide bonds. The fourth-order valence-corrected chi connectivity index (χ4v) is 1.78. The van der Waals surface area contributed by atoms with Crippen LogP contribution in [0.15, 0.2) is 42.7 Å². The van der Waals surface area contributed by atoms with Gasteiger partial charge in [-0.15, -0.1) is 0 Å². The molecule has 0 saturated heterocycles. The van der Waals surface area contributed by atoms with Gasteiger partial charge in [0.05, 0.1) is 20.4 Å². The van der Waals surface area contributed by atoms with Gasteiger partial charge in [0.1, 0.15) is 11.4 Å². The van der Waals surface area contributed by atoms with E-state index in [1.54, 1.807) is 24.4 Å². The maximum atomic E-state index is 13.3. The van der Waals surface area contributed by atoms with Crippen molar-refractivity contribution in [3.05, 3.63) is 54.1 Å². The summed E-state index contributed by atoms with van der Waals surface area (Å²) in [6.07, 6.45) is 5.94. The first-order chi connectivity index (χ1) is 10.6. The fourth-order valence-electron chi connectivity index (χ4n) is 1.78. The number of ether oxygens (including phenoxy) is 2. The van der Waals surface area contributed by atoms with E-state index < -0.39 is 5.82 Å². The number of nitrogens with one attached hydrogen (secondary N) is 1. The molecule has 2 rings (SSSR count). The number of benzene rings is 1. The molecule has 5 nitrogen and oxygen atoms in total. The lowest BCUT2D eigenvalue weighted by Crippen LogP contribution is -2.09. The van der Waals surface area contributed by atoms with Crippen molar-refractivity contribution in [2.75, 3.05) is 19.5 Å². The van der Waals surface area contributed by atoms with Crippen molar-refractivity contribution in [3.63, 3.8) is 0 Å². The van der Waals surface area contributed by atoms with E-state index in [1.807, 2.05) is 0 Å². The van der Waals surface area contributed by atoms with Crippen LogP contribution in [-0.4, -0.2) is 25.1 Å². The minimum atomic E-state index is -0.454. The highest BCUT2D eigenvalue weighted by Gasteiger charge is 2.05. The highest BCUT2D eigenvalue weighted by molar-refractivity contribution is 6.02. The topological polar surface area (TPSA) is 60.5 Å². The molecule has 0 aliphatic heterocycles.